The molecule has 0 atom stereocenters. The zero-order chi connectivity index (χ0) is 12.9. The van der Waals surface area contributed by atoms with Crippen molar-refractivity contribution >= 4 is 11.8 Å². The summed E-state index contributed by atoms with van der Waals surface area (Å²) in [7, 11) is 0. The van der Waals surface area contributed by atoms with E-state index in [1.165, 1.54) is 55.1 Å². The van der Waals surface area contributed by atoms with E-state index in [2.05, 4.69) is 39.1 Å². The molecule has 4 heteroatoms. The average Bonchev–Trinajstić information content (AvgIpc) is 3.26. The Morgan fingerprint density at radius 3 is 3.00 bits per heavy atom. The van der Waals surface area contributed by atoms with Crippen molar-refractivity contribution in [1.29, 1.82) is 0 Å². The van der Waals surface area contributed by atoms with Gasteiger partial charge >= 0.3 is 0 Å². The van der Waals surface area contributed by atoms with Crippen LogP contribution in [-0.2, 0) is 13.1 Å². The topological polar surface area (TPSA) is 28.2 Å². The van der Waals surface area contributed by atoms with E-state index in [1.807, 2.05) is 6.20 Å². The van der Waals surface area contributed by atoms with Crippen LogP contribution in [0.5, 0.6) is 0 Å². The van der Waals surface area contributed by atoms with E-state index in [4.69, 9.17) is 0 Å². The van der Waals surface area contributed by atoms with Crippen LogP contribution in [0.3, 0.4) is 0 Å². The van der Waals surface area contributed by atoms with Gasteiger partial charge in [0.2, 0.25) is 0 Å². The van der Waals surface area contributed by atoms with Crippen LogP contribution >= 0.6 is 11.8 Å². The number of hydrogen-bond acceptors (Lipinski definition) is 4. The second-order valence-electron chi connectivity index (χ2n) is 5.56. The highest BCUT2D eigenvalue weighted by atomic mass is 32.2. The lowest BCUT2D eigenvalue weighted by atomic mass is 10.2. The number of nitrogens with zero attached hydrogens (tertiary/aromatic N) is 2. The van der Waals surface area contributed by atoms with Crippen molar-refractivity contribution in [2.24, 2.45) is 0 Å². The third kappa shape index (κ3) is 4.48. The van der Waals surface area contributed by atoms with Crippen molar-refractivity contribution in [1.82, 2.24) is 15.2 Å². The Kier molecular flexibility index (Phi) is 4.75. The molecule has 1 aromatic heterocycles. The lowest BCUT2D eigenvalue weighted by molar-refractivity contribution is 0.284. The Morgan fingerprint density at radius 1 is 1.26 bits per heavy atom. The largest absolute Gasteiger partial charge is 0.310 e. The molecule has 3 rings (SSSR count). The van der Waals surface area contributed by atoms with Crippen LogP contribution < -0.4 is 5.32 Å². The first kappa shape index (κ1) is 13.4. The van der Waals surface area contributed by atoms with Crippen molar-refractivity contribution < 1.29 is 0 Å². The van der Waals surface area contributed by atoms with Crippen molar-refractivity contribution in [3.05, 3.63) is 29.6 Å². The summed E-state index contributed by atoms with van der Waals surface area (Å²) in [6, 6.07) is 5.20. The maximum absolute atomic E-state index is 4.61. The molecule has 1 aliphatic heterocycles. The fourth-order valence-corrected chi connectivity index (χ4v) is 3.31. The van der Waals surface area contributed by atoms with Crippen LogP contribution in [0.4, 0.5) is 0 Å². The molecule has 0 unspecified atom stereocenters. The monoisotopic (exact) mass is 277 g/mol. The first-order valence-electron chi connectivity index (χ1n) is 7.37. The lowest BCUT2D eigenvalue weighted by Gasteiger charge is -2.18. The quantitative estimate of drug-likeness (QED) is 0.894. The molecular weight excluding hydrogens is 254 g/mol. The maximum atomic E-state index is 4.61. The predicted molar refractivity (Wildman–Crippen MR) is 81.3 cm³/mol. The minimum Gasteiger partial charge on any atom is -0.310 e. The second kappa shape index (κ2) is 6.73. The van der Waals surface area contributed by atoms with E-state index in [0.717, 1.165) is 19.1 Å². The minimum atomic E-state index is 0.772. The molecule has 3 nitrogen and oxygen atoms in total. The summed E-state index contributed by atoms with van der Waals surface area (Å²) < 4.78 is 0. The number of rotatable bonds is 5. The van der Waals surface area contributed by atoms with E-state index in [-0.39, 0.29) is 0 Å². The highest BCUT2D eigenvalue weighted by Crippen LogP contribution is 2.19. The Morgan fingerprint density at radius 2 is 2.21 bits per heavy atom. The highest BCUT2D eigenvalue weighted by molar-refractivity contribution is 7.99. The van der Waals surface area contributed by atoms with Gasteiger partial charge in [-0.05, 0) is 43.2 Å². The van der Waals surface area contributed by atoms with Gasteiger partial charge in [0, 0.05) is 37.6 Å². The zero-order valence-corrected chi connectivity index (χ0v) is 12.3. The van der Waals surface area contributed by atoms with Crippen molar-refractivity contribution in [2.75, 3.05) is 24.6 Å². The fourth-order valence-electron chi connectivity index (χ4n) is 2.39. The summed E-state index contributed by atoms with van der Waals surface area (Å²) in [4.78, 5) is 7.15. The Balaban J connectivity index is 1.49. The van der Waals surface area contributed by atoms with Gasteiger partial charge in [-0.2, -0.15) is 11.8 Å². The molecule has 0 radical (unpaired) electrons. The summed E-state index contributed by atoms with van der Waals surface area (Å²) in [5.74, 6) is 2.58. The number of nitrogens with one attached hydrogen (secondary N) is 1. The molecule has 0 spiro atoms. The molecule has 0 amide bonds. The van der Waals surface area contributed by atoms with Crippen LogP contribution in [0.2, 0.25) is 0 Å². The lowest BCUT2D eigenvalue weighted by Crippen LogP contribution is -2.26. The molecule has 1 saturated carbocycles. The predicted octanol–water partition coefficient (Wildman–Crippen LogP) is 2.27. The number of aromatic nitrogens is 1. The van der Waals surface area contributed by atoms with Gasteiger partial charge in [0.1, 0.15) is 0 Å². The molecule has 0 bridgehead atoms. The standard InChI is InChI=1S/C15H23N3S/c1-6-18(7-9-19-8-1)12-15-3-2-13(11-17-15)10-16-14-4-5-14/h2-3,11,14,16H,1,4-10,12H2. The normalized spacial score (nSPS) is 21.3. The Hall–Kier alpha value is -0.580. The summed E-state index contributed by atoms with van der Waals surface area (Å²) in [6.45, 7) is 4.41. The molecule has 2 aliphatic rings. The molecule has 1 N–H and O–H groups in total. The number of hydrogen-bond donors (Lipinski definition) is 1. The van der Waals surface area contributed by atoms with Gasteiger partial charge in [-0.25, -0.2) is 0 Å². The van der Waals surface area contributed by atoms with Crippen LogP contribution in [0.15, 0.2) is 18.3 Å². The number of thioether (sulfide) groups is 1. The van der Waals surface area contributed by atoms with E-state index < -0.39 is 0 Å². The summed E-state index contributed by atoms with van der Waals surface area (Å²) >= 11 is 2.08. The fraction of sp³-hybridized carbons (Fsp3) is 0.667. The van der Waals surface area contributed by atoms with Gasteiger partial charge in [0.05, 0.1) is 5.69 Å². The summed E-state index contributed by atoms with van der Waals surface area (Å²) in [6.07, 6.45) is 6.04. The third-order valence-corrected chi connectivity index (χ3v) is 4.81. The van der Waals surface area contributed by atoms with E-state index in [1.54, 1.807) is 0 Å². The summed E-state index contributed by atoms with van der Waals surface area (Å²) in [5.41, 5.74) is 2.52. The van der Waals surface area contributed by atoms with Crippen molar-refractivity contribution in [2.45, 2.75) is 38.4 Å². The second-order valence-corrected chi connectivity index (χ2v) is 6.78. The molecule has 1 aromatic rings. The van der Waals surface area contributed by atoms with E-state index in [9.17, 15) is 0 Å². The van der Waals surface area contributed by atoms with Crippen LogP contribution in [0.25, 0.3) is 0 Å². The molecule has 2 heterocycles. The average molecular weight is 277 g/mol. The highest BCUT2D eigenvalue weighted by Gasteiger charge is 2.19. The van der Waals surface area contributed by atoms with Crippen LogP contribution in [-0.4, -0.2) is 40.5 Å². The van der Waals surface area contributed by atoms with E-state index in [0.29, 0.717) is 0 Å². The van der Waals surface area contributed by atoms with Gasteiger partial charge in [-0.15, -0.1) is 0 Å². The zero-order valence-electron chi connectivity index (χ0n) is 11.5. The van der Waals surface area contributed by atoms with Crippen LogP contribution in [0.1, 0.15) is 30.5 Å². The molecule has 1 saturated heterocycles. The maximum Gasteiger partial charge on any atom is 0.0544 e. The molecule has 0 aromatic carbocycles. The van der Waals surface area contributed by atoms with Crippen LogP contribution in [0, 0.1) is 0 Å². The van der Waals surface area contributed by atoms with Gasteiger partial charge < -0.3 is 5.32 Å². The number of pyridine rings is 1. The minimum absolute atomic E-state index is 0.772. The smallest absolute Gasteiger partial charge is 0.0544 e. The first-order valence-corrected chi connectivity index (χ1v) is 8.53. The molecule has 2 fully saturated rings. The molecular formula is C15H23N3S. The van der Waals surface area contributed by atoms with Gasteiger partial charge in [-0.3, -0.25) is 9.88 Å². The molecule has 19 heavy (non-hydrogen) atoms. The molecule has 104 valence electrons. The summed E-state index contributed by atoms with van der Waals surface area (Å²) in [5, 5.41) is 3.53. The van der Waals surface area contributed by atoms with E-state index >= 15 is 0 Å². The third-order valence-electron chi connectivity index (χ3n) is 3.76. The van der Waals surface area contributed by atoms with Gasteiger partial charge in [0.25, 0.3) is 0 Å². The van der Waals surface area contributed by atoms with Crippen molar-refractivity contribution in [3.8, 4) is 0 Å². The SMILES string of the molecule is c1cc(CN2CCCSCC2)ncc1CNC1CC1. The Bertz CT molecular complexity index is 381. The van der Waals surface area contributed by atoms with Gasteiger partial charge in [0.15, 0.2) is 0 Å². The molecule has 1 aliphatic carbocycles. The first-order chi connectivity index (χ1) is 9.40. The van der Waals surface area contributed by atoms with Crippen molar-refractivity contribution in [3.63, 3.8) is 0 Å². The Labute approximate surface area is 120 Å². The van der Waals surface area contributed by atoms with Gasteiger partial charge in [-0.1, -0.05) is 6.07 Å².